The van der Waals surface area contributed by atoms with Crippen LogP contribution in [0.15, 0.2) is 22.7 Å². The smallest absolute Gasteiger partial charge is 0.0992 e. The minimum absolute atomic E-state index is 0.369. The predicted molar refractivity (Wildman–Crippen MR) is 75.5 cm³/mol. The van der Waals surface area contributed by atoms with Crippen molar-refractivity contribution in [3.8, 4) is 6.07 Å². The first-order valence-corrected chi connectivity index (χ1v) is 7.10. The number of benzene rings is 1. The lowest BCUT2D eigenvalue weighted by Crippen LogP contribution is -2.33. The van der Waals surface area contributed by atoms with Gasteiger partial charge in [0.15, 0.2) is 0 Å². The van der Waals surface area contributed by atoms with Crippen molar-refractivity contribution in [2.24, 2.45) is 0 Å². The van der Waals surface area contributed by atoms with Crippen LogP contribution in [0.3, 0.4) is 0 Å². The molecule has 1 aromatic carbocycles. The van der Waals surface area contributed by atoms with Gasteiger partial charge in [-0.3, -0.25) is 0 Å². The molecule has 0 spiro atoms. The summed E-state index contributed by atoms with van der Waals surface area (Å²) in [6.07, 6.45) is 3.51. The Morgan fingerprint density at radius 3 is 3.06 bits per heavy atom. The summed E-state index contributed by atoms with van der Waals surface area (Å²) in [6, 6.07) is 8.23. The Labute approximate surface area is 116 Å². The van der Waals surface area contributed by atoms with E-state index in [2.05, 4.69) is 34.2 Å². The van der Waals surface area contributed by atoms with Crippen molar-refractivity contribution < 1.29 is 4.74 Å². The molecular weight excluding hydrogens is 292 g/mol. The molecule has 1 aliphatic heterocycles. The Morgan fingerprint density at radius 1 is 1.56 bits per heavy atom. The summed E-state index contributed by atoms with van der Waals surface area (Å²) < 4.78 is 6.61. The molecule has 2 rings (SSSR count). The van der Waals surface area contributed by atoms with E-state index in [1.165, 1.54) is 0 Å². The monoisotopic (exact) mass is 308 g/mol. The van der Waals surface area contributed by atoms with Crippen LogP contribution >= 0.6 is 15.9 Å². The first kappa shape index (κ1) is 13.4. The highest BCUT2D eigenvalue weighted by atomic mass is 79.9. The van der Waals surface area contributed by atoms with E-state index in [1.807, 2.05) is 18.2 Å². The fourth-order valence-corrected chi connectivity index (χ4v) is 2.71. The molecule has 1 aliphatic rings. The van der Waals surface area contributed by atoms with Crippen molar-refractivity contribution in [1.82, 2.24) is 0 Å². The molecule has 2 atom stereocenters. The average Bonchev–Trinajstić information content (AvgIpc) is 2.41. The number of hydrogen-bond acceptors (Lipinski definition) is 3. The van der Waals surface area contributed by atoms with Crippen LogP contribution in [0.4, 0.5) is 5.69 Å². The van der Waals surface area contributed by atoms with Gasteiger partial charge in [0.2, 0.25) is 0 Å². The highest BCUT2D eigenvalue weighted by Gasteiger charge is 2.21. The minimum Gasteiger partial charge on any atom is -0.381 e. The molecule has 0 amide bonds. The topological polar surface area (TPSA) is 45.0 Å². The van der Waals surface area contributed by atoms with Gasteiger partial charge in [-0.25, -0.2) is 0 Å². The summed E-state index contributed by atoms with van der Waals surface area (Å²) in [5.41, 5.74) is 1.72. The summed E-state index contributed by atoms with van der Waals surface area (Å²) in [6.45, 7) is 2.98. The summed E-state index contributed by atoms with van der Waals surface area (Å²) in [4.78, 5) is 0. The lowest BCUT2D eigenvalue weighted by molar-refractivity contribution is 0.00925. The van der Waals surface area contributed by atoms with Gasteiger partial charge in [0.1, 0.15) is 0 Å². The van der Waals surface area contributed by atoms with Gasteiger partial charge in [0, 0.05) is 22.8 Å². The Hall–Kier alpha value is -1.05. The maximum Gasteiger partial charge on any atom is 0.0992 e. The molecule has 2 unspecified atom stereocenters. The van der Waals surface area contributed by atoms with Gasteiger partial charge in [0.05, 0.1) is 17.7 Å². The average molecular weight is 309 g/mol. The van der Waals surface area contributed by atoms with Crippen molar-refractivity contribution in [2.45, 2.75) is 38.3 Å². The van der Waals surface area contributed by atoms with Crippen LogP contribution in [-0.4, -0.2) is 18.8 Å². The molecule has 0 aliphatic carbocycles. The van der Waals surface area contributed by atoms with Crippen molar-refractivity contribution in [2.75, 3.05) is 11.9 Å². The predicted octanol–water partition coefficient (Wildman–Crippen LogP) is 3.69. The molecule has 1 N–H and O–H groups in total. The van der Waals surface area contributed by atoms with E-state index < -0.39 is 0 Å². The fourth-order valence-electron chi connectivity index (χ4n) is 2.22. The molecule has 96 valence electrons. The molecule has 1 fully saturated rings. The molecule has 4 heteroatoms. The summed E-state index contributed by atoms with van der Waals surface area (Å²) >= 11 is 3.50. The normalized spacial score (nSPS) is 23.4. The molecule has 18 heavy (non-hydrogen) atoms. The van der Waals surface area contributed by atoms with Gasteiger partial charge in [-0.2, -0.15) is 5.26 Å². The summed E-state index contributed by atoms with van der Waals surface area (Å²) in [5, 5.41) is 12.4. The zero-order valence-corrected chi connectivity index (χ0v) is 12.0. The molecule has 0 aromatic heterocycles. The molecule has 1 aromatic rings. The van der Waals surface area contributed by atoms with Crippen molar-refractivity contribution in [1.29, 1.82) is 5.26 Å². The molecule has 0 bridgehead atoms. The number of nitrogens with zero attached hydrogens (tertiary/aromatic N) is 1. The van der Waals surface area contributed by atoms with E-state index in [1.54, 1.807) is 0 Å². The number of nitrogens with one attached hydrogen (secondary N) is 1. The van der Waals surface area contributed by atoms with Crippen molar-refractivity contribution in [3.63, 3.8) is 0 Å². The number of rotatable bonds is 3. The van der Waals surface area contributed by atoms with E-state index in [9.17, 15) is 0 Å². The van der Waals surface area contributed by atoms with Gasteiger partial charge in [-0.1, -0.05) is 6.92 Å². The van der Waals surface area contributed by atoms with Gasteiger partial charge in [0.25, 0.3) is 0 Å². The van der Waals surface area contributed by atoms with Crippen molar-refractivity contribution >= 4 is 21.6 Å². The summed E-state index contributed by atoms with van der Waals surface area (Å²) in [7, 11) is 0. The van der Waals surface area contributed by atoms with Gasteiger partial charge in [-0.05, 0) is 53.4 Å². The Kier molecular flexibility index (Phi) is 4.62. The third-order valence-corrected chi connectivity index (χ3v) is 3.94. The van der Waals surface area contributed by atoms with Crippen LogP contribution in [0.1, 0.15) is 31.7 Å². The van der Waals surface area contributed by atoms with E-state index in [0.717, 1.165) is 36.0 Å². The highest BCUT2D eigenvalue weighted by molar-refractivity contribution is 9.10. The highest BCUT2D eigenvalue weighted by Crippen LogP contribution is 2.27. The fraction of sp³-hybridized carbons (Fsp3) is 0.500. The van der Waals surface area contributed by atoms with E-state index in [0.29, 0.717) is 17.7 Å². The standard InChI is InChI=1S/C14H17BrN2O/c1-2-12-8-11(5-6-18-12)17-14-4-3-10(9-16)7-13(14)15/h3-4,7,11-12,17H,2,5-6,8H2,1H3. The number of halogens is 1. The van der Waals surface area contributed by atoms with Gasteiger partial charge < -0.3 is 10.1 Å². The lowest BCUT2D eigenvalue weighted by Gasteiger charge is -2.30. The quantitative estimate of drug-likeness (QED) is 0.926. The van der Waals surface area contributed by atoms with Crippen molar-refractivity contribution in [3.05, 3.63) is 28.2 Å². The SMILES string of the molecule is CCC1CC(Nc2ccc(C#N)cc2Br)CCO1. The summed E-state index contributed by atoms with van der Waals surface area (Å²) in [5.74, 6) is 0. The van der Waals surface area contributed by atoms with E-state index in [-0.39, 0.29) is 0 Å². The number of nitriles is 1. The molecule has 1 saturated heterocycles. The van der Waals surface area contributed by atoms with Crippen LogP contribution in [0, 0.1) is 11.3 Å². The first-order valence-electron chi connectivity index (χ1n) is 6.30. The van der Waals surface area contributed by atoms with Crippen LogP contribution in [0.5, 0.6) is 0 Å². The molecule has 3 nitrogen and oxygen atoms in total. The second kappa shape index (κ2) is 6.21. The van der Waals surface area contributed by atoms with Crippen LogP contribution in [0.2, 0.25) is 0 Å². The second-order valence-corrected chi connectivity index (χ2v) is 5.43. The first-order chi connectivity index (χ1) is 8.72. The van der Waals surface area contributed by atoms with Gasteiger partial charge >= 0.3 is 0 Å². The molecule has 0 saturated carbocycles. The Balaban J connectivity index is 2.03. The third kappa shape index (κ3) is 3.24. The van der Waals surface area contributed by atoms with Crippen LogP contribution in [-0.2, 0) is 4.74 Å². The maximum atomic E-state index is 8.83. The molecular formula is C14H17BrN2O. The maximum absolute atomic E-state index is 8.83. The lowest BCUT2D eigenvalue weighted by atomic mass is 10.0. The third-order valence-electron chi connectivity index (χ3n) is 3.28. The molecule has 0 radical (unpaired) electrons. The Bertz CT molecular complexity index is 456. The van der Waals surface area contributed by atoms with E-state index in [4.69, 9.17) is 10.00 Å². The largest absolute Gasteiger partial charge is 0.381 e. The zero-order chi connectivity index (χ0) is 13.0. The van der Waals surface area contributed by atoms with Gasteiger partial charge in [-0.15, -0.1) is 0 Å². The van der Waals surface area contributed by atoms with Crippen LogP contribution in [0.25, 0.3) is 0 Å². The minimum atomic E-state index is 0.369. The molecule has 1 heterocycles. The van der Waals surface area contributed by atoms with E-state index >= 15 is 0 Å². The Morgan fingerprint density at radius 2 is 2.39 bits per heavy atom. The van der Waals surface area contributed by atoms with Crippen LogP contribution < -0.4 is 5.32 Å². The number of hydrogen-bond donors (Lipinski definition) is 1. The zero-order valence-electron chi connectivity index (χ0n) is 10.4. The number of ether oxygens (including phenoxy) is 1. The number of anilines is 1. The second-order valence-electron chi connectivity index (χ2n) is 4.57.